The monoisotopic (exact) mass is 450 g/mol. The first-order valence-corrected chi connectivity index (χ1v) is 10.7. The van der Waals surface area contributed by atoms with Crippen LogP contribution >= 0.6 is 0 Å². The molecule has 1 heterocycles. The highest BCUT2D eigenvalue weighted by atomic mass is 19.4. The number of hydrogen-bond donors (Lipinski definition) is 1. The number of hydrogen-bond acceptors (Lipinski definition) is 5. The molecule has 0 radical (unpaired) electrons. The van der Waals surface area contributed by atoms with E-state index in [1.807, 2.05) is 18.2 Å². The molecule has 1 aromatic carbocycles. The molecule has 32 heavy (non-hydrogen) atoms. The highest BCUT2D eigenvalue weighted by Gasteiger charge is 2.45. The van der Waals surface area contributed by atoms with Crippen LogP contribution in [0.1, 0.15) is 43.6 Å². The summed E-state index contributed by atoms with van der Waals surface area (Å²) in [5.74, 6) is -1.48. The van der Waals surface area contributed by atoms with E-state index in [0.29, 0.717) is 37.5 Å². The van der Waals surface area contributed by atoms with Gasteiger partial charge in [-0.15, -0.1) is 5.10 Å². The van der Waals surface area contributed by atoms with Gasteiger partial charge in [0, 0.05) is 17.5 Å². The van der Waals surface area contributed by atoms with Crippen molar-refractivity contribution in [1.29, 1.82) is 0 Å². The Morgan fingerprint density at radius 2 is 1.91 bits per heavy atom. The molecule has 0 bridgehead atoms. The maximum absolute atomic E-state index is 12.8. The first kappa shape index (κ1) is 22.4. The van der Waals surface area contributed by atoms with Crippen molar-refractivity contribution in [2.75, 3.05) is 13.7 Å². The van der Waals surface area contributed by atoms with Gasteiger partial charge in [0.2, 0.25) is 5.88 Å². The lowest BCUT2D eigenvalue weighted by atomic mass is 9.82. The molecule has 2 aliphatic carbocycles. The Morgan fingerprint density at radius 3 is 2.53 bits per heavy atom. The highest BCUT2D eigenvalue weighted by Crippen LogP contribution is 2.51. The zero-order chi connectivity index (χ0) is 22.9. The predicted octanol–water partition coefficient (Wildman–Crippen LogP) is 5.09. The highest BCUT2D eigenvalue weighted by molar-refractivity contribution is 5.76. The largest absolute Gasteiger partial charge is 0.496 e. The Hall–Kier alpha value is -2.84. The number of carbonyl (C=O) groups is 1. The molecule has 172 valence electrons. The molecule has 4 rings (SSSR count). The van der Waals surface area contributed by atoms with Crippen molar-refractivity contribution in [3.63, 3.8) is 0 Å². The Balaban J connectivity index is 1.42. The lowest BCUT2D eigenvalue weighted by Gasteiger charge is -2.29. The molecule has 2 aromatic rings. The average Bonchev–Trinajstić information content (AvgIpc) is 3.58. The van der Waals surface area contributed by atoms with Gasteiger partial charge in [-0.1, -0.05) is 6.07 Å². The van der Waals surface area contributed by atoms with E-state index in [4.69, 9.17) is 9.47 Å². The number of benzene rings is 1. The minimum absolute atomic E-state index is 0.0643. The summed E-state index contributed by atoms with van der Waals surface area (Å²) in [5.41, 5.74) is 2.44. The van der Waals surface area contributed by atoms with E-state index in [-0.39, 0.29) is 24.7 Å². The van der Waals surface area contributed by atoms with Gasteiger partial charge in [0.05, 0.1) is 31.7 Å². The molecule has 2 saturated carbocycles. The fourth-order valence-corrected chi connectivity index (χ4v) is 4.45. The number of aliphatic carboxylic acids is 1. The van der Waals surface area contributed by atoms with Crippen LogP contribution in [0.2, 0.25) is 0 Å². The van der Waals surface area contributed by atoms with Crippen LogP contribution in [0, 0.1) is 17.8 Å². The van der Waals surface area contributed by atoms with E-state index >= 15 is 0 Å². The van der Waals surface area contributed by atoms with Gasteiger partial charge in [0.25, 0.3) is 0 Å². The molecule has 0 spiro atoms. The first-order chi connectivity index (χ1) is 15.3. The van der Waals surface area contributed by atoms with E-state index < -0.39 is 24.0 Å². The molecule has 1 aromatic heterocycles. The molecule has 2 aliphatic rings. The number of carboxylic acids is 1. The topological polar surface area (TPSA) is 81.5 Å². The summed E-state index contributed by atoms with van der Waals surface area (Å²) in [7, 11) is 1.55. The van der Waals surface area contributed by atoms with Gasteiger partial charge in [-0.2, -0.15) is 18.3 Å². The van der Waals surface area contributed by atoms with E-state index in [1.54, 1.807) is 19.4 Å². The minimum atomic E-state index is -4.12. The third kappa shape index (κ3) is 4.97. The average molecular weight is 450 g/mol. The summed E-state index contributed by atoms with van der Waals surface area (Å²) in [5, 5.41) is 17.2. The SMILES string of the molecule is COc1ccc(-c2cnnc(OC[C@H]3CC[C@H](C(F)(F)F)CC3)c2)cc1[C@H]1C[C@@H]1C(=O)O. The summed E-state index contributed by atoms with van der Waals surface area (Å²) >= 11 is 0. The number of aromatic nitrogens is 2. The van der Waals surface area contributed by atoms with Crippen molar-refractivity contribution in [3.8, 4) is 22.8 Å². The lowest BCUT2D eigenvalue weighted by Crippen LogP contribution is -2.29. The second-order valence-electron chi connectivity index (χ2n) is 8.60. The van der Waals surface area contributed by atoms with Crippen molar-refractivity contribution in [2.45, 2.75) is 44.2 Å². The zero-order valence-corrected chi connectivity index (χ0v) is 17.6. The molecule has 1 N–H and O–H groups in total. The number of nitrogens with zero attached hydrogens (tertiary/aromatic N) is 2. The first-order valence-electron chi connectivity index (χ1n) is 10.7. The molecular weight excluding hydrogens is 425 g/mol. The van der Waals surface area contributed by atoms with Gasteiger partial charge in [0.15, 0.2) is 0 Å². The third-order valence-electron chi connectivity index (χ3n) is 6.48. The number of carboxylic acid groups (broad SMARTS) is 1. The van der Waals surface area contributed by atoms with Gasteiger partial charge in [0.1, 0.15) is 5.75 Å². The van der Waals surface area contributed by atoms with E-state index in [9.17, 15) is 23.1 Å². The second kappa shape index (κ2) is 8.96. The van der Waals surface area contributed by atoms with Crippen molar-refractivity contribution >= 4 is 5.97 Å². The van der Waals surface area contributed by atoms with E-state index in [1.165, 1.54) is 0 Å². The maximum Gasteiger partial charge on any atom is 0.391 e. The van der Waals surface area contributed by atoms with Crippen LogP contribution in [0.15, 0.2) is 30.5 Å². The van der Waals surface area contributed by atoms with Crippen LogP contribution in [0.25, 0.3) is 11.1 Å². The van der Waals surface area contributed by atoms with Crippen LogP contribution in [-0.4, -0.2) is 41.2 Å². The number of rotatable bonds is 7. The van der Waals surface area contributed by atoms with Gasteiger partial charge in [-0.3, -0.25) is 4.79 Å². The smallest absolute Gasteiger partial charge is 0.391 e. The molecule has 0 amide bonds. The molecular formula is C23H25F3N2O4. The van der Waals surface area contributed by atoms with Crippen LogP contribution in [0.5, 0.6) is 11.6 Å². The van der Waals surface area contributed by atoms with Gasteiger partial charge in [-0.05, 0) is 61.3 Å². The van der Waals surface area contributed by atoms with E-state index in [0.717, 1.165) is 16.7 Å². The van der Waals surface area contributed by atoms with Gasteiger partial charge in [-0.25, -0.2) is 0 Å². The Kier molecular flexibility index (Phi) is 6.26. The Morgan fingerprint density at radius 1 is 1.16 bits per heavy atom. The fourth-order valence-electron chi connectivity index (χ4n) is 4.45. The predicted molar refractivity (Wildman–Crippen MR) is 110 cm³/mol. The Bertz CT molecular complexity index is 974. The summed E-state index contributed by atoms with van der Waals surface area (Å²) in [4.78, 5) is 11.3. The van der Waals surface area contributed by atoms with Crippen molar-refractivity contribution in [2.24, 2.45) is 17.8 Å². The summed E-state index contributed by atoms with van der Waals surface area (Å²) < 4.78 is 49.6. The van der Waals surface area contributed by atoms with Crippen molar-refractivity contribution < 1.29 is 32.5 Å². The van der Waals surface area contributed by atoms with E-state index in [2.05, 4.69) is 10.2 Å². The molecule has 0 saturated heterocycles. The number of ether oxygens (including phenoxy) is 2. The molecule has 6 nitrogen and oxygen atoms in total. The van der Waals surface area contributed by atoms with Crippen molar-refractivity contribution in [3.05, 3.63) is 36.0 Å². The Labute approximate surface area is 183 Å². The number of methoxy groups -OCH3 is 1. The maximum atomic E-state index is 12.8. The summed E-state index contributed by atoms with van der Waals surface area (Å²) in [6.07, 6.45) is -0.722. The van der Waals surface area contributed by atoms with Gasteiger partial charge >= 0.3 is 12.1 Å². The summed E-state index contributed by atoms with van der Waals surface area (Å²) in [6, 6.07) is 7.31. The van der Waals surface area contributed by atoms with Crippen LogP contribution < -0.4 is 9.47 Å². The molecule has 2 atom stereocenters. The zero-order valence-electron chi connectivity index (χ0n) is 17.6. The van der Waals surface area contributed by atoms with Crippen molar-refractivity contribution in [1.82, 2.24) is 10.2 Å². The van der Waals surface area contributed by atoms with Crippen LogP contribution in [0.4, 0.5) is 13.2 Å². The van der Waals surface area contributed by atoms with Gasteiger partial charge < -0.3 is 14.6 Å². The lowest BCUT2D eigenvalue weighted by molar-refractivity contribution is -0.184. The normalized spacial score (nSPS) is 25.2. The van der Waals surface area contributed by atoms with Crippen LogP contribution in [0.3, 0.4) is 0 Å². The fraction of sp³-hybridized carbons (Fsp3) is 0.522. The number of halogens is 3. The number of alkyl halides is 3. The second-order valence-corrected chi connectivity index (χ2v) is 8.60. The minimum Gasteiger partial charge on any atom is -0.496 e. The summed E-state index contributed by atoms with van der Waals surface area (Å²) in [6.45, 7) is 0.305. The molecule has 0 aliphatic heterocycles. The van der Waals surface area contributed by atoms with Crippen LogP contribution in [-0.2, 0) is 4.79 Å². The molecule has 9 heteroatoms. The standard InChI is InChI=1S/C23H25F3N2O4/c1-31-20-7-4-14(8-18(20)17-10-19(17)22(29)30)15-9-21(28-27-11-15)32-12-13-2-5-16(6-3-13)23(24,25)26/h4,7-9,11,13,16-17,19H,2-3,5-6,10,12H2,1H3,(H,29,30)/t13-,16-,17-,19+/m1/s1. The molecule has 2 fully saturated rings. The molecule has 0 unspecified atom stereocenters. The quantitative estimate of drug-likeness (QED) is 0.633. The third-order valence-corrected chi connectivity index (χ3v) is 6.48.